The Bertz CT molecular complexity index is 1820. The average molecular weight is 844 g/mol. The van der Waals surface area contributed by atoms with E-state index in [4.69, 9.17) is 29.4 Å². The Morgan fingerprint density at radius 2 is 1.70 bits per heavy atom. The quantitative estimate of drug-likeness (QED) is 0.0555. The third-order valence-corrected chi connectivity index (χ3v) is 10.3. The monoisotopic (exact) mass is 843 g/mol. The molecular formula is C42H61N5O13. The van der Waals surface area contributed by atoms with Crippen molar-refractivity contribution in [3.05, 3.63) is 81.4 Å². The van der Waals surface area contributed by atoms with E-state index in [9.17, 15) is 39.0 Å². The highest BCUT2D eigenvalue weighted by atomic mass is 16.7. The van der Waals surface area contributed by atoms with Gasteiger partial charge in [0.2, 0.25) is 18.1 Å². The lowest BCUT2D eigenvalue weighted by Crippen LogP contribution is -2.54. The largest absolute Gasteiger partial charge is 0.456 e. The zero-order chi connectivity index (χ0) is 43.6. The summed E-state index contributed by atoms with van der Waals surface area (Å²) >= 11 is 0. The number of rotatable bonds is 22. The Kier molecular flexibility index (Phi) is 19.4. The first-order valence-electron chi connectivity index (χ1n) is 20.8. The van der Waals surface area contributed by atoms with Crippen molar-refractivity contribution in [2.24, 2.45) is 5.73 Å². The highest BCUT2D eigenvalue weighted by molar-refractivity contribution is 5.95. The number of esters is 1. The molecule has 0 aliphatic carbocycles. The van der Waals surface area contributed by atoms with Crippen molar-refractivity contribution in [3.8, 4) is 0 Å². The Hall–Kier alpha value is -4.88. The van der Waals surface area contributed by atoms with E-state index in [1.54, 1.807) is 0 Å². The van der Waals surface area contributed by atoms with Crippen LogP contribution in [0, 0.1) is 0 Å². The number of aliphatic hydroxyl groups excluding tert-OH is 2. The molecule has 18 nitrogen and oxygen atoms in total. The van der Waals surface area contributed by atoms with E-state index in [0.717, 1.165) is 74.3 Å². The maximum absolute atomic E-state index is 13.2. The van der Waals surface area contributed by atoms with Crippen LogP contribution in [-0.4, -0.2) is 106 Å². The van der Waals surface area contributed by atoms with Gasteiger partial charge in [0.25, 0.3) is 11.5 Å². The molecule has 332 valence electrons. The van der Waals surface area contributed by atoms with Gasteiger partial charge in [-0.15, -0.1) is 0 Å². The van der Waals surface area contributed by atoms with Crippen LogP contribution in [0.25, 0.3) is 0 Å². The summed E-state index contributed by atoms with van der Waals surface area (Å²) in [5, 5.41) is 26.9. The van der Waals surface area contributed by atoms with Crippen molar-refractivity contribution in [1.29, 1.82) is 0 Å². The second kappa shape index (κ2) is 24.4. The van der Waals surface area contributed by atoms with Crippen LogP contribution in [-0.2, 0) is 42.9 Å². The van der Waals surface area contributed by atoms with Crippen LogP contribution in [0.2, 0.25) is 0 Å². The predicted molar refractivity (Wildman–Crippen MR) is 218 cm³/mol. The van der Waals surface area contributed by atoms with Gasteiger partial charge in [-0.2, -0.15) is 0 Å². The van der Waals surface area contributed by atoms with Gasteiger partial charge >= 0.3 is 11.7 Å². The van der Waals surface area contributed by atoms with E-state index < -0.39 is 95.9 Å². The molecule has 18 heteroatoms. The normalized spacial score (nSPS) is 27.6. The maximum Gasteiger partial charge on any atom is 0.330 e. The number of H-pyrrole nitrogens is 1. The fraction of sp³-hybridized carbons (Fsp3) is 0.619. The molecule has 0 spiro atoms. The predicted octanol–water partition coefficient (Wildman–Crippen LogP) is 1.96. The summed E-state index contributed by atoms with van der Waals surface area (Å²) in [6.45, 7) is 3.95. The standard InChI is InChI=1S/C42H61N5O13/c1-4-5-6-7-8-9-10-11-12-13-14-15-16-17-18-22-31(50)58-36-33(56-3)34(59-40(36)47-24-23-30(49)46-42(47)55)35(37(43)52)60-41-32(51)28(48)25-29(57-41)39(54)45-27-21-19-20-26(2)44-38(27)53/h5-6,8-9,11-12,23-28,32-36,40-41,48,51H,4,7,10,13-22H2,1-3H3,(H2,43,52)(H,44,53)(H,45,54)(H,46,49,55)/b6-5+,9-8+,12-11+. The third-order valence-electron chi connectivity index (χ3n) is 10.3. The molecule has 7 N–H and O–H groups in total. The molecule has 10 atom stereocenters. The molecule has 4 rings (SSSR count). The summed E-state index contributed by atoms with van der Waals surface area (Å²) in [7, 11) is 1.24. The lowest BCUT2D eigenvalue weighted by atomic mass is 10.0. The number of nitrogens with one attached hydrogen (secondary N) is 3. The van der Waals surface area contributed by atoms with Crippen LogP contribution < -0.4 is 27.6 Å². The molecular weight excluding hydrogens is 782 g/mol. The number of hydrogen-bond donors (Lipinski definition) is 6. The first-order valence-corrected chi connectivity index (χ1v) is 20.8. The minimum Gasteiger partial charge on any atom is -0.456 e. The Labute approximate surface area is 349 Å². The summed E-state index contributed by atoms with van der Waals surface area (Å²) in [6.07, 6.45) is 11.7. The Morgan fingerprint density at radius 3 is 2.40 bits per heavy atom. The van der Waals surface area contributed by atoms with Crippen LogP contribution in [0.1, 0.15) is 104 Å². The maximum atomic E-state index is 13.2. The van der Waals surface area contributed by atoms with Gasteiger partial charge in [-0.25, -0.2) is 4.79 Å². The first-order chi connectivity index (χ1) is 28.8. The molecule has 1 aromatic heterocycles. The van der Waals surface area contributed by atoms with E-state index in [-0.39, 0.29) is 12.5 Å². The Balaban J connectivity index is 1.39. The van der Waals surface area contributed by atoms with Crippen molar-refractivity contribution < 1.29 is 53.1 Å². The van der Waals surface area contributed by atoms with Gasteiger partial charge in [0, 0.05) is 31.8 Å². The Morgan fingerprint density at radius 1 is 1.00 bits per heavy atom. The SMILES string of the molecule is CC/C=C/C/C=C/C/C=C/CCCCCCCC(=O)OC1C(OC)C(C(OC2OC(C(=O)NC3CCCC(C)NC3=O)=CC(O)C2O)C(N)=O)OC1n1ccc(=O)[nH]c1=O. The summed E-state index contributed by atoms with van der Waals surface area (Å²) < 4.78 is 30.0. The number of nitrogens with zero attached hydrogens (tertiary/aromatic N) is 1. The topological polar surface area (TPSA) is 260 Å². The van der Waals surface area contributed by atoms with Gasteiger partial charge in [-0.05, 0) is 70.8 Å². The molecule has 3 amide bonds. The molecule has 3 aliphatic heterocycles. The number of amides is 3. The number of allylic oxidation sites excluding steroid dienone is 6. The molecule has 10 unspecified atom stereocenters. The van der Waals surface area contributed by atoms with Crippen molar-refractivity contribution in [2.75, 3.05) is 7.11 Å². The molecule has 60 heavy (non-hydrogen) atoms. The van der Waals surface area contributed by atoms with Crippen LogP contribution in [0.15, 0.2) is 70.1 Å². The van der Waals surface area contributed by atoms with Crippen molar-refractivity contribution in [2.45, 2.75) is 159 Å². The van der Waals surface area contributed by atoms with Crippen molar-refractivity contribution in [3.63, 3.8) is 0 Å². The number of carbonyl (C=O) groups excluding carboxylic acids is 4. The van der Waals surface area contributed by atoms with Gasteiger partial charge in [0.1, 0.15) is 30.5 Å². The molecule has 3 aliphatic rings. The average Bonchev–Trinajstić information content (AvgIpc) is 3.46. The molecule has 2 saturated heterocycles. The number of aromatic nitrogens is 2. The van der Waals surface area contributed by atoms with Crippen molar-refractivity contribution >= 4 is 23.7 Å². The fourth-order valence-electron chi connectivity index (χ4n) is 7.13. The van der Waals surface area contributed by atoms with Gasteiger partial charge in [0.05, 0.1) is 0 Å². The van der Waals surface area contributed by atoms with Gasteiger partial charge in [-0.1, -0.05) is 62.6 Å². The molecule has 0 aromatic carbocycles. The molecule has 0 bridgehead atoms. The summed E-state index contributed by atoms with van der Waals surface area (Å²) in [5.74, 6) is -3.60. The van der Waals surface area contributed by atoms with Gasteiger partial charge < -0.3 is 50.3 Å². The van der Waals surface area contributed by atoms with Crippen LogP contribution in [0.3, 0.4) is 0 Å². The van der Waals surface area contributed by atoms with Gasteiger partial charge in [-0.3, -0.25) is 33.5 Å². The molecule has 2 fully saturated rings. The van der Waals surface area contributed by atoms with E-state index >= 15 is 0 Å². The minimum atomic E-state index is -1.89. The minimum absolute atomic E-state index is 0.0268. The van der Waals surface area contributed by atoms with Crippen LogP contribution >= 0.6 is 0 Å². The zero-order valence-corrected chi connectivity index (χ0v) is 34.6. The summed E-state index contributed by atoms with van der Waals surface area (Å²) in [4.78, 5) is 79.1. The molecule has 0 radical (unpaired) electrons. The third kappa shape index (κ3) is 14.1. The number of hydrogen-bond acceptors (Lipinski definition) is 13. The highest BCUT2D eigenvalue weighted by Gasteiger charge is 2.54. The summed E-state index contributed by atoms with van der Waals surface area (Å²) in [6, 6.07) is 0.0654. The smallest absolute Gasteiger partial charge is 0.330 e. The van der Waals surface area contributed by atoms with E-state index in [1.165, 1.54) is 7.11 Å². The van der Waals surface area contributed by atoms with E-state index in [2.05, 4.69) is 59.0 Å². The lowest BCUT2D eigenvalue weighted by molar-refractivity contribution is -0.241. The number of ether oxygens (including phenoxy) is 5. The van der Waals surface area contributed by atoms with E-state index in [1.807, 2.05) is 6.92 Å². The van der Waals surface area contributed by atoms with E-state index in [0.29, 0.717) is 25.7 Å². The molecule has 4 heterocycles. The number of primary amides is 1. The van der Waals surface area contributed by atoms with Crippen molar-refractivity contribution in [1.82, 2.24) is 20.2 Å². The number of methoxy groups -OCH3 is 1. The van der Waals surface area contributed by atoms with Crippen LogP contribution in [0.5, 0.6) is 0 Å². The number of aliphatic hydroxyl groups is 2. The summed E-state index contributed by atoms with van der Waals surface area (Å²) in [5.41, 5.74) is 4.15. The molecule has 1 aromatic rings. The first kappa shape index (κ1) is 47.8. The van der Waals surface area contributed by atoms with Gasteiger partial charge in [0.15, 0.2) is 24.2 Å². The molecule has 0 saturated carbocycles. The highest BCUT2D eigenvalue weighted by Crippen LogP contribution is 2.36. The number of unbranched alkanes of at least 4 members (excludes halogenated alkanes) is 5. The second-order valence-corrected chi connectivity index (χ2v) is 15.1. The fourth-order valence-corrected chi connectivity index (χ4v) is 7.13. The number of aromatic amines is 1. The second-order valence-electron chi connectivity index (χ2n) is 15.1. The zero-order valence-electron chi connectivity index (χ0n) is 34.6. The van der Waals surface area contributed by atoms with Crippen LogP contribution in [0.4, 0.5) is 0 Å². The number of carbonyl (C=O) groups is 4. The lowest BCUT2D eigenvalue weighted by Gasteiger charge is -2.35. The number of nitrogens with two attached hydrogens (primary N) is 1.